The van der Waals surface area contributed by atoms with Crippen LogP contribution in [0.3, 0.4) is 0 Å². The zero-order valence-electron chi connectivity index (χ0n) is 15.0. The number of nitrogens with zero attached hydrogens (tertiary/aromatic N) is 4. The summed E-state index contributed by atoms with van der Waals surface area (Å²) < 4.78 is 13.2. The van der Waals surface area contributed by atoms with Crippen molar-refractivity contribution in [3.05, 3.63) is 41.1 Å². The van der Waals surface area contributed by atoms with Gasteiger partial charge < -0.3 is 9.47 Å². The fraction of sp³-hybridized carbons (Fsp3) is 0.474. The van der Waals surface area contributed by atoms with Gasteiger partial charge in [0.2, 0.25) is 5.88 Å². The summed E-state index contributed by atoms with van der Waals surface area (Å²) in [5.74, 6) is 1.49. The number of benzene rings is 1. The molecule has 0 bridgehead atoms. The highest BCUT2D eigenvalue weighted by Gasteiger charge is 2.31. The normalized spacial score (nSPS) is 17.4. The predicted molar refractivity (Wildman–Crippen MR) is 94.7 cm³/mol. The zero-order valence-corrected chi connectivity index (χ0v) is 15.0. The van der Waals surface area contributed by atoms with Crippen molar-refractivity contribution >= 4 is 0 Å². The number of likely N-dealkylation sites (tertiary alicyclic amines) is 1. The van der Waals surface area contributed by atoms with Crippen molar-refractivity contribution in [3.8, 4) is 17.7 Å². The van der Waals surface area contributed by atoms with Gasteiger partial charge >= 0.3 is 0 Å². The molecule has 1 aliphatic heterocycles. The molecule has 6 nitrogen and oxygen atoms in total. The van der Waals surface area contributed by atoms with Crippen LogP contribution in [0.25, 0.3) is 0 Å². The van der Waals surface area contributed by atoms with Crippen LogP contribution in [0, 0.1) is 18.3 Å². The maximum atomic E-state index is 9.15. The lowest BCUT2D eigenvalue weighted by Crippen LogP contribution is -2.28. The maximum absolute atomic E-state index is 9.15. The number of aromatic nitrogens is 2. The number of para-hydroxylation sites is 1. The van der Waals surface area contributed by atoms with Gasteiger partial charge in [-0.2, -0.15) is 10.4 Å². The van der Waals surface area contributed by atoms with Crippen LogP contribution in [0.2, 0.25) is 0 Å². The highest BCUT2D eigenvalue weighted by atomic mass is 16.5. The molecule has 2 aromatic rings. The molecule has 1 saturated heterocycles. The molecular formula is C19H24N4O2. The highest BCUT2D eigenvalue weighted by Crippen LogP contribution is 2.38. The molecule has 1 fully saturated rings. The summed E-state index contributed by atoms with van der Waals surface area (Å²) in [6, 6.07) is 9.82. The molecule has 3 rings (SSSR count). The van der Waals surface area contributed by atoms with Crippen molar-refractivity contribution in [3.63, 3.8) is 0 Å². The van der Waals surface area contributed by atoms with Crippen molar-refractivity contribution in [2.45, 2.75) is 25.8 Å². The number of hydrogen-bond acceptors (Lipinski definition) is 5. The molecule has 0 amide bonds. The van der Waals surface area contributed by atoms with E-state index < -0.39 is 0 Å². The zero-order chi connectivity index (χ0) is 17.8. The largest absolute Gasteiger partial charge is 0.491 e. The lowest BCUT2D eigenvalue weighted by Gasteiger charge is -2.25. The summed E-state index contributed by atoms with van der Waals surface area (Å²) in [5, 5.41) is 13.7. The first-order chi connectivity index (χ1) is 12.2. The van der Waals surface area contributed by atoms with Gasteiger partial charge in [0.05, 0.1) is 23.9 Å². The number of ether oxygens (including phenoxy) is 2. The lowest BCUT2D eigenvalue weighted by molar-refractivity contribution is 0.194. The van der Waals surface area contributed by atoms with E-state index in [0.29, 0.717) is 24.0 Å². The molecule has 0 N–H and O–H groups in total. The Balaban J connectivity index is 1.68. The third-order valence-corrected chi connectivity index (χ3v) is 4.75. The molecular weight excluding hydrogens is 316 g/mol. The van der Waals surface area contributed by atoms with Crippen LogP contribution in [0.15, 0.2) is 24.3 Å². The van der Waals surface area contributed by atoms with E-state index in [0.717, 1.165) is 37.5 Å². The lowest BCUT2D eigenvalue weighted by atomic mass is 10.1. The number of aryl methyl sites for hydroxylation is 2. The molecule has 1 aromatic heterocycles. The van der Waals surface area contributed by atoms with E-state index >= 15 is 0 Å². The van der Waals surface area contributed by atoms with Crippen molar-refractivity contribution in [1.29, 1.82) is 5.26 Å². The van der Waals surface area contributed by atoms with Crippen LogP contribution >= 0.6 is 0 Å². The Bertz CT molecular complexity index is 778. The van der Waals surface area contributed by atoms with E-state index in [1.807, 2.05) is 32.2 Å². The Hall–Kier alpha value is -2.52. The van der Waals surface area contributed by atoms with Crippen LogP contribution in [0.5, 0.6) is 11.6 Å². The SMILES string of the molecule is COc1c([C@H]2CCCN2CCOc2ccccc2C#N)c(C)nn1C. The second kappa shape index (κ2) is 7.58. The molecule has 0 radical (unpaired) electrons. The third-order valence-electron chi connectivity index (χ3n) is 4.75. The van der Waals surface area contributed by atoms with Gasteiger partial charge in [0.1, 0.15) is 18.4 Å². The minimum Gasteiger partial charge on any atom is -0.491 e. The standard InChI is InChI=1S/C19H24N4O2/c1-14-18(19(24-3)22(2)21-14)16-8-6-10-23(16)11-12-25-17-9-5-4-7-15(17)13-20/h4-5,7,9,16H,6,8,10-12H2,1-3H3/t16-/m1/s1. The number of nitriles is 1. The van der Waals surface area contributed by atoms with Gasteiger partial charge in [-0.1, -0.05) is 12.1 Å². The summed E-state index contributed by atoms with van der Waals surface area (Å²) in [4.78, 5) is 2.42. The minimum atomic E-state index is 0.304. The van der Waals surface area contributed by atoms with Crippen molar-refractivity contribution in [2.24, 2.45) is 7.05 Å². The second-order valence-corrected chi connectivity index (χ2v) is 6.28. The molecule has 0 unspecified atom stereocenters. The van der Waals surface area contributed by atoms with Crippen molar-refractivity contribution in [2.75, 3.05) is 26.8 Å². The monoisotopic (exact) mass is 340 g/mol. The first-order valence-corrected chi connectivity index (χ1v) is 8.59. The molecule has 2 heterocycles. The highest BCUT2D eigenvalue weighted by molar-refractivity contribution is 5.42. The summed E-state index contributed by atoms with van der Waals surface area (Å²) in [6.45, 7) is 4.43. The first-order valence-electron chi connectivity index (χ1n) is 8.59. The topological polar surface area (TPSA) is 63.3 Å². The Morgan fingerprint density at radius 2 is 2.16 bits per heavy atom. The summed E-state index contributed by atoms with van der Waals surface area (Å²) in [7, 11) is 3.61. The Morgan fingerprint density at radius 3 is 2.92 bits per heavy atom. The molecule has 1 atom stereocenters. The molecule has 132 valence electrons. The van der Waals surface area contributed by atoms with Gasteiger partial charge in [0.15, 0.2) is 0 Å². The number of rotatable bonds is 6. The fourth-order valence-corrected chi connectivity index (χ4v) is 3.66. The molecule has 25 heavy (non-hydrogen) atoms. The number of methoxy groups -OCH3 is 1. The van der Waals surface area contributed by atoms with Crippen LogP contribution in [-0.4, -0.2) is 41.5 Å². The van der Waals surface area contributed by atoms with E-state index in [9.17, 15) is 0 Å². The average molecular weight is 340 g/mol. The van der Waals surface area contributed by atoms with E-state index in [-0.39, 0.29) is 0 Å². The summed E-state index contributed by atoms with van der Waals surface area (Å²) in [6.07, 6.45) is 2.24. The predicted octanol–water partition coefficient (Wildman–Crippen LogP) is 2.82. The summed E-state index contributed by atoms with van der Waals surface area (Å²) in [5.41, 5.74) is 2.78. The van der Waals surface area contributed by atoms with E-state index in [2.05, 4.69) is 16.1 Å². The van der Waals surface area contributed by atoms with Gasteiger partial charge in [-0.25, -0.2) is 4.68 Å². The smallest absolute Gasteiger partial charge is 0.216 e. The van der Waals surface area contributed by atoms with Gasteiger partial charge in [-0.15, -0.1) is 0 Å². The molecule has 0 aliphatic carbocycles. The Kier molecular flexibility index (Phi) is 5.25. The van der Waals surface area contributed by atoms with Crippen LogP contribution in [-0.2, 0) is 7.05 Å². The Morgan fingerprint density at radius 1 is 1.36 bits per heavy atom. The van der Waals surface area contributed by atoms with Gasteiger partial charge in [-0.3, -0.25) is 4.90 Å². The first kappa shape index (κ1) is 17.3. The minimum absolute atomic E-state index is 0.304. The Labute approximate surface area is 148 Å². The van der Waals surface area contributed by atoms with E-state index in [1.54, 1.807) is 17.9 Å². The van der Waals surface area contributed by atoms with Crippen LogP contribution in [0.1, 0.15) is 35.7 Å². The fourth-order valence-electron chi connectivity index (χ4n) is 3.66. The number of hydrogen-bond donors (Lipinski definition) is 0. The molecule has 1 aromatic carbocycles. The maximum Gasteiger partial charge on any atom is 0.216 e. The van der Waals surface area contributed by atoms with E-state index in [1.165, 1.54) is 5.56 Å². The molecule has 1 aliphatic rings. The average Bonchev–Trinajstić information content (AvgIpc) is 3.18. The van der Waals surface area contributed by atoms with Gasteiger partial charge in [0, 0.05) is 19.6 Å². The third kappa shape index (κ3) is 3.47. The molecule has 0 spiro atoms. The van der Waals surface area contributed by atoms with Crippen molar-refractivity contribution < 1.29 is 9.47 Å². The van der Waals surface area contributed by atoms with Crippen LogP contribution < -0.4 is 9.47 Å². The quantitative estimate of drug-likeness (QED) is 0.809. The van der Waals surface area contributed by atoms with E-state index in [4.69, 9.17) is 14.7 Å². The molecule has 6 heteroatoms. The van der Waals surface area contributed by atoms with Crippen LogP contribution in [0.4, 0.5) is 0 Å². The van der Waals surface area contributed by atoms with Gasteiger partial charge in [0.25, 0.3) is 0 Å². The molecule has 0 saturated carbocycles. The van der Waals surface area contributed by atoms with Gasteiger partial charge in [-0.05, 0) is 38.4 Å². The summed E-state index contributed by atoms with van der Waals surface area (Å²) >= 11 is 0. The second-order valence-electron chi connectivity index (χ2n) is 6.28. The van der Waals surface area contributed by atoms with Crippen molar-refractivity contribution in [1.82, 2.24) is 14.7 Å².